The molecule has 38 heavy (non-hydrogen) atoms. The molecule has 6 N–H and O–H groups in total. The summed E-state index contributed by atoms with van der Waals surface area (Å²) in [6.07, 6.45) is 5.24. The Morgan fingerprint density at radius 3 is 1.42 bits per heavy atom. The third kappa shape index (κ3) is 4.98. The highest BCUT2D eigenvalue weighted by Crippen LogP contribution is 2.41. The molecule has 0 bridgehead atoms. The lowest BCUT2D eigenvalue weighted by atomic mass is 9.88. The molecular weight excluding hydrogens is 520 g/mol. The van der Waals surface area contributed by atoms with Crippen LogP contribution in [0.2, 0.25) is 0 Å². The topological polar surface area (TPSA) is 144 Å². The Labute approximate surface area is 228 Å². The minimum atomic E-state index is -0.542. The van der Waals surface area contributed by atoms with Gasteiger partial charge in [-0.2, -0.15) is 0 Å². The Balaban J connectivity index is 1.32. The van der Waals surface area contributed by atoms with Gasteiger partial charge in [-0.15, -0.1) is 22.7 Å². The van der Waals surface area contributed by atoms with Gasteiger partial charge in [-0.05, 0) is 85.8 Å². The molecule has 0 radical (unpaired) electrons. The summed E-state index contributed by atoms with van der Waals surface area (Å²) >= 11 is 2.82. The Morgan fingerprint density at radius 1 is 0.711 bits per heavy atom. The van der Waals surface area contributed by atoms with Crippen molar-refractivity contribution in [3.8, 4) is 0 Å². The summed E-state index contributed by atoms with van der Waals surface area (Å²) in [5.74, 6) is -0.819. The van der Waals surface area contributed by atoms with E-state index in [9.17, 15) is 19.2 Å². The molecule has 2 atom stereocenters. The molecule has 1 aromatic carbocycles. The molecule has 5 rings (SSSR count). The molecule has 0 fully saturated rings. The Bertz CT molecular complexity index is 1350. The zero-order valence-electron chi connectivity index (χ0n) is 21.3. The first kappa shape index (κ1) is 26.1. The van der Waals surface area contributed by atoms with Gasteiger partial charge >= 0.3 is 0 Å². The van der Waals surface area contributed by atoms with Crippen LogP contribution in [0.4, 0.5) is 10.0 Å². The van der Waals surface area contributed by atoms with Gasteiger partial charge in [0.15, 0.2) is 0 Å². The fraction of sp³-hybridized carbons (Fsp3) is 0.357. The molecule has 0 saturated heterocycles. The lowest BCUT2D eigenvalue weighted by Gasteiger charge is -2.18. The first-order valence-electron chi connectivity index (χ1n) is 12.7. The standard InChI is InChI=1S/C28H30N4O4S2/c1-13-3-9-17-19(11-13)37-27(21(17)23(29)33)31-25(35)15-5-7-16(8-6-15)26(36)32-28-22(24(30)34)18-10-4-14(2)12-20(18)38-28/h5-8,13-14H,3-4,9-12H2,1-2H3,(H2,29,33)(H2,30,34)(H,31,35)(H,32,36). The minimum Gasteiger partial charge on any atom is -0.365 e. The summed E-state index contributed by atoms with van der Waals surface area (Å²) in [5, 5.41) is 6.64. The van der Waals surface area contributed by atoms with Crippen molar-refractivity contribution in [3.05, 3.63) is 67.4 Å². The van der Waals surface area contributed by atoms with E-state index in [1.165, 1.54) is 22.7 Å². The maximum Gasteiger partial charge on any atom is 0.256 e. The molecule has 0 aliphatic heterocycles. The van der Waals surface area contributed by atoms with Crippen molar-refractivity contribution in [2.24, 2.45) is 23.3 Å². The molecule has 0 saturated carbocycles. The Kier molecular flexibility index (Phi) is 7.11. The second-order valence-corrected chi connectivity index (χ2v) is 12.5. The first-order valence-corrected chi connectivity index (χ1v) is 14.4. The van der Waals surface area contributed by atoms with E-state index < -0.39 is 11.8 Å². The van der Waals surface area contributed by atoms with E-state index in [0.29, 0.717) is 44.1 Å². The molecule has 2 aromatic heterocycles. The number of anilines is 2. The van der Waals surface area contributed by atoms with E-state index in [4.69, 9.17) is 11.5 Å². The van der Waals surface area contributed by atoms with Gasteiger partial charge in [-0.25, -0.2) is 0 Å². The zero-order chi connectivity index (χ0) is 27.1. The highest BCUT2D eigenvalue weighted by Gasteiger charge is 2.29. The summed E-state index contributed by atoms with van der Waals surface area (Å²) in [5.41, 5.74) is 14.7. The van der Waals surface area contributed by atoms with E-state index in [1.807, 2.05) is 0 Å². The van der Waals surface area contributed by atoms with Crippen LogP contribution in [0.3, 0.4) is 0 Å². The molecule has 3 aromatic rings. The second kappa shape index (κ2) is 10.3. The number of benzene rings is 1. The van der Waals surface area contributed by atoms with Gasteiger partial charge in [0.2, 0.25) is 0 Å². The van der Waals surface area contributed by atoms with Gasteiger partial charge in [0, 0.05) is 20.9 Å². The number of nitrogens with two attached hydrogens (primary N) is 2. The quantitative estimate of drug-likeness (QED) is 0.351. The number of hydrogen-bond donors (Lipinski definition) is 4. The number of hydrogen-bond acceptors (Lipinski definition) is 6. The van der Waals surface area contributed by atoms with Crippen molar-refractivity contribution in [1.29, 1.82) is 0 Å². The van der Waals surface area contributed by atoms with Crippen LogP contribution in [0.15, 0.2) is 24.3 Å². The number of carbonyl (C=O) groups excluding carboxylic acids is 4. The molecule has 2 unspecified atom stereocenters. The number of amides is 4. The monoisotopic (exact) mass is 550 g/mol. The molecule has 0 spiro atoms. The van der Waals surface area contributed by atoms with Gasteiger partial charge in [0.25, 0.3) is 23.6 Å². The second-order valence-electron chi connectivity index (χ2n) is 10.3. The van der Waals surface area contributed by atoms with Crippen molar-refractivity contribution in [3.63, 3.8) is 0 Å². The SMILES string of the molecule is CC1CCc2c(sc(NC(=O)c3ccc(C(=O)Nc4sc5c(c4C(N)=O)CCC(C)C5)cc3)c2C(N)=O)C1. The summed E-state index contributed by atoms with van der Waals surface area (Å²) in [6.45, 7) is 4.34. The number of rotatable bonds is 6. The van der Waals surface area contributed by atoms with Crippen LogP contribution in [-0.2, 0) is 25.7 Å². The van der Waals surface area contributed by atoms with Gasteiger partial charge in [0.1, 0.15) is 10.0 Å². The molecule has 2 aliphatic carbocycles. The van der Waals surface area contributed by atoms with Crippen molar-refractivity contribution in [1.82, 2.24) is 0 Å². The van der Waals surface area contributed by atoms with Gasteiger partial charge < -0.3 is 22.1 Å². The molecule has 8 nitrogen and oxygen atoms in total. The van der Waals surface area contributed by atoms with Gasteiger partial charge in [-0.1, -0.05) is 13.8 Å². The van der Waals surface area contributed by atoms with Crippen LogP contribution < -0.4 is 22.1 Å². The van der Waals surface area contributed by atoms with Crippen LogP contribution in [0.25, 0.3) is 0 Å². The summed E-state index contributed by atoms with van der Waals surface area (Å²) < 4.78 is 0. The highest BCUT2D eigenvalue weighted by atomic mass is 32.1. The first-order chi connectivity index (χ1) is 18.1. The van der Waals surface area contributed by atoms with Gasteiger partial charge in [0.05, 0.1) is 11.1 Å². The molecular formula is C28H30N4O4S2. The molecule has 198 valence electrons. The summed E-state index contributed by atoms with van der Waals surface area (Å²) in [6, 6.07) is 6.22. The summed E-state index contributed by atoms with van der Waals surface area (Å²) in [4.78, 5) is 52.5. The number of fused-ring (bicyclic) bond motifs is 2. The fourth-order valence-electron chi connectivity index (χ4n) is 5.32. The fourth-order valence-corrected chi connectivity index (χ4v) is 8.14. The minimum absolute atomic E-state index is 0.343. The molecule has 4 amide bonds. The Hall–Kier alpha value is -3.50. The third-order valence-corrected chi connectivity index (χ3v) is 9.72. The number of primary amides is 2. The van der Waals surface area contributed by atoms with Crippen LogP contribution in [0.5, 0.6) is 0 Å². The van der Waals surface area contributed by atoms with Crippen LogP contribution >= 0.6 is 22.7 Å². The Morgan fingerprint density at radius 2 is 1.08 bits per heavy atom. The average molecular weight is 551 g/mol. The normalized spacial score (nSPS) is 18.3. The third-order valence-electron chi connectivity index (χ3n) is 7.38. The molecule has 2 aliphatic rings. The zero-order valence-corrected chi connectivity index (χ0v) is 22.9. The van der Waals surface area contributed by atoms with Crippen molar-refractivity contribution in [2.75, 3.05) is 10.6 Å². The highest BCUT2D eigenvalue weighted by molar-refractivity contribution is 7.17. The van der Waals surface area contributed by atoms with Gasteiger partial charge in [-0.3, -0.25) is 19.2 Å². The van der Waals surface area contributed by atoms with Crippen LogP contribution in [-0.4, -0.2) is 23.6 Å². The van der Waals surface area contributed by atoms with Crippen LogP contribution in [0, 0.1) is 11.8 Å². The van der Waals surface area contributed by atoms with E-state index in [-0.39, 0.29) is 11.8 Å². The predicted octanol–water partition coefficient (Wildman–Crippen LogP) is 4.76. The number of nitrogens with one attached hydrogen (secondary N) is 2. The molecule has 2 heterocycles. The van der Waals surface area contributed by atoms with Crippen LogP contribution in [0.1, 0.15) is 89.0 Å². The number of carbonyl (C=O) groups is 4. The smallest absolute Gasteiger partial charge is 0.256 e. The lowest BCUT2D eigenvalue weighted by Crippen LogP contribution is -2.20. The predicted molar refractivity (Wildman–Crippen MR) is 150 cm³/mol. The van der Waals surface area contributed by atoms with E-state index in [0.717, 1.165) is 59.4 Å². The van der Waals surface area contributed by atoms with E-state index in [1.54, 1.807) is 24.3 Å². The van der Waals surface area contributed by atoms with Crippen molar-refractivity contribution < 1.29 is 19.2 Å². The maximum absolute atomic E-state index is 13.0. The largest absolute Gasteiger partial charge is 0.365 e. The number of thiophene rings is 2. The van der Waals surface area contributed by atoms with Crippen molar-refractivity contribution >= 4 is 56.3 Å². The molecule has 10 heteroatoms. The summed E-state index contributed by atoms with van der Waals surface area (Å²) in [7, 11) is 0. The van der Waals surface area contributed by atoms with E-state index in [2.05, 4.69) is 24.5 Å². The van der Waals surface area contributed by atoms with Crippen molar-refractivity contribution in [2.45, 2.75) is 52.4 Å². The maximum atomic E-state index is 13.0. The average Bonchev–Trinajstić information content (AvgIpc) is 3.40. The lowest BCUT2D eigenvalue weighted by molar-refractivity contribution is 0.0989. The van der Waals surface area contributed by atoms with E-state index >= 15 is 0 Å².